The van der Waals surface area contributed by atoms with E-state index in [4.69, 9.17) is 0 Å². The van der Waals surface area contributed by atoms with Gasteiger partial charge in [-0.1, -0.05) is 13.8 Å². The number of anilines is 2. The predicted octanol–water partition coefficient (Wildman–Crippen LogP) is 3.35. The number of carbonyl (C=O) groups is 1. The number of hydrogen-bond acceptors (Lipinski definition) is 6. The molecule has 0 atom stereocenters. The van der Waals surface area contributed by atoms with Crippen LogP contribution in [0.1, 0.15) is 24.2 Å². The van der Waals surface area contributed by atoms with Gasteiger partial charge in [0.15, 0.2) is 0 Å². The van der Waals surface area contributed by atoms with Crippen molar-refractivity contribution in [2.45, 2.75) is 13.8 Å². The molecular weight excluding hydrogens is 364 g/mol. The summed E-state index contributed by atoms with van der Waals surface area (Å²) in [5.74, 6) is 0.418. The molecule has 2 heterocycles. The zero-order valence-corrected chi connectivity index (χ0v) is 16.8. The smallest absolute Gasteiger partial charge is 0.251 e. The minimum atomic E-state index is -0.0708. The van der Waals surface area contributed by atoms with Gasteiger partial charge < -0.3 is 15.5 Å². The predicted molar refractivity (Wildman–Crippen MR) is 115 cm³/mol. The minimum absolute atomic E-state index is 0.0708. The summed E-state index contributed by atoms with van der Waals surface area (Å²) in [7, 11) is 0. The van der Waals surface area contributed by atoms with E-state index >= 15 is 0 Å². The van der Waals surface area contributed by atoms with Crippen molar-refractivity contribution in [3.05, 3.63) is 66.6 Å². The van der Waals surface area contributed by atoms with Gasteiger partial charge in [0.25, 0.3) is 5.91 Å². The van der Waals surface area contributed by atoms with Gasteiger partial charge in [0.1, 0.15) is 0 Å². The number of aromatic nitrogens is 3. The number of nitrogens with one attached hydrogen (secondary N) is 2. The third kappa shape index (κ3) is 5.83. The molecule has 3 rings (SSSR count). The number of amides is 1. The van der Waals surface area contributed by atoms with Crippen LogP contribution in [0.4, 0.5) is 11.6 Å². The molecule has 0 saturated carbocycles. The van der Waals surface area contributed by atoms with E-state index in [1.165, 1.54) is 0 Å². The van der Waals surface area contributed by atoms with Gasteiger partial charge in [0.2, 0.25) is 5.95 Å². The number of benzene rings is 1. The van der Waals surface area contributed by atoms with E-state index in [-0.39, 0.29) is 5.91 Å². The number of likely N-dealkylation sites (N-methyl/N-ethyl adjacent to an activating group) is 1. The fourth-order valence-corrected chi connectivity index (χ4v) is 2.90. The molecule has 0 bridgehead atoms. The lowest BCUT2D eigenvalue weighted by Crippen LogP contribution is -2.34. The van der Waals surface area contributed by atoms with E-state index in [2.05, 4.69) is 44.3 Å². The Morgan fingerprint density at radius 3 is 2.52 bits per heavy atom. The second kappa shape index (κ2) is 10.3. The van der Waals surface area contributed by atoms with Crippen LogP contribution in [0.5, 0.6) is 0 Å². The van der Waals surface area contributed by atoms with Gasteiger partial charge in [-0.2, -0.15) is 0 Å². The molecule has 2 aromatic heterocycles. The topological polar surface area (TPSA) is 83.0 Å². The van der Waals surface area contributed by atoms with Crippen LogP contribution in [-0.2, 0) is 0 Å². The Morgan fingerprint density at radius 2 is 1.83 bits per heavy atom. The number of nitrogens with zero attached hydrogens (tertiary/aromatic N) is 4. The normalized spacial score (nSPS) is 10.7. The van der Waals surface area contributed by atoms with Gasteiger partial charge in [0, 0.05) is 48.5 Å². The summed E-state index contributed by atoms with van der Waals surface area (Å²) in [6, 6.07) is 12.9. The summed E-state index contributed by atoms with van der Waals surface area (Å²) in [6.07, 6.45) is 5.19. The van der Waals surface area contributed by atoms with Crippen molar-refractivity contribution in [1.29, 1.82) is 0 Å². The molecule has 150 valence electrons. The number of hydrogen-bond donors (Lipinski definition) is 2. The Kier molecular flexibility index (Phi) is 7.24. The Morgan fingerprint density at radius 1 is 1.03 bits per heavy atom. The Balaban J connectivity index is 1.59. The lowest BCUT2D eigenvalue weighted by atomic mass is 10.2. The lowest BCUT2D eigenvalue weighted by Gasteiger charge is -2.18. The van der Waals surface area contributed by atoms with Crippen molar-refractivity contribution in [1.82, 2.24) is 25.2 Å². The highest BCUT2D eigenvalue weighted by Gasteiger charge is 2.07. The SMILES string of the molecule is CCN(CC)CCNC(=O)c1ccc(Nc2nccc(-c3cccnc3)n2)cc1. The Labute approximate surface area is 171 Å². The van der Waals surface area contributed by atoms with Crippen molar-refractivity contribution < 1.29 is 4.79 Å². The molecule has 0 aliphatic heterocycles. The molecule has 1 aromatic carbocycles. The fourth-order valence-electron chi connectivity index (χ4n) is 2.90. The molecule has 2 N–H and O–H groups in total. The summed E-state index contributed by atoms with van der Waals surface area (Å²) < 4.78 is 0. The fraction of sp³-hybridized carbons (Fsp3) is 0.273. The largest absolute Gasteiger partial charge is 0.351 e. The number of carbonyl (C=O) groups excluding carboxylic acids is 1. The third-order valence-corrected chi connectivity index (χ3v) is 4.62. The van der Waals surface area contributed by atoms with Gasteiger partial charge in [-0.05, 0) is 55.6 Å². The van der Waals surface area contributed by atoms with Crippen LogP contribution in [0.15, 0.2) is 61.1 Å². The second-order valence-corrected chi connectivity index (χ2v) is 6.49. The second-order valence-electron chi connectivity index (χ2n) is 6.49. The zero-order chi connectivity index (χ0) is 20.5. The molecule has 0 saturated heterocycles. The molecule has 0 aliphatic carbocycles. The van der Waals surface area contributed by atoms with Gasteiger partial charge >= 0.3 is 0 Å². The molecule has 7 heteroatoms. The zero-order valence-electron chi connectivity index (χ0n) is 16.8. The molecule has 29 heavy (non-hydrogen) atoms. The minimum Gasteiger partial charge on any atom is -0.351 e. The highest BCUT2D eigenvalue weighted by molar-refractivity contribution is 5.94. The summed E-state index contributed by atoms with van der Waals surface area (Å²) in [6.45, 7) is 7.69. The van der Waals surface area contributed by atoms with Crippen LogP contribution in [0.25, 0.3) is 11.3 Å². The molecule has 0 aliphatic rings. The maximum Gasteiger partial charge on any atom is 0.251 e. The summed E-state index contributed by atoms with van der Waals surface area (Å²) >= 11 is 0. The van der Waals surface area contributed by atoms with Gasteiger partial charge in [0.05, 0.1) is 5.69 Å². The molecule has 0 radical (unpaired) electrons. The molecule has 1 amide bonds. The summed E-state index contributed by atoms with van der Waals surface area (Å²) in [5.41, 5.74) is 3.16. The van der Waals surface area contributed by atoms with E-state index in [1.54, 1.807) is 30.7 Å². The summed E-state index contributed by atoms with van der Waals surface area (Å²) in [5, 5.41) is 6.13. The Hall–Kier alpha value is -3.32. The molecule has 3 aromatic rings. The maximum absolute atomic E-state index is 12.3. The first-order valence-corrected chi connectivity index (χ1v) is 9.80. The van der Waals surface area contributed by atoms with Crippen LogP contribution >= 0.6 is 0 Å². The maximum atomic E-state index is 12.3. The van der Waals surface area contributed by atoms with Crippen LogP contribution in [0, 0.1) is 0 Å². The van der Waals surface area contributed by atoms with Crippen molar-refractivity contribution in [3.8, 4) is 11.3 Å². The van der Waals surface area contributed by atoms with Crippen molar-refractivity contribution >= 4 is 17.5 Å². The molecular formula is C22H26N6O. The van der Waals surface area contributed by atoms with Crippen LogP contribution in [0.3, 0.4) is 0 Å². The molecule has 0 spiro atoms. The van der Waals surface area contributed by atoms with E-state index in [0.717, 1.165) is 36.6 Å². The van der Waals surface area contributed by atoms with Crippen molar-refractivity contribution in [2.75, 3.05) is 31.5 Å². The van der Waals surface area contributed by atoms with Crippen LogP contribution in [-0.4, -0.2) is 51.9 Å². The first kappa shape index (κ1) is 20.4. The average molecular weight is 390 g/mol. The number of rotatable bonds is 9. The van der Waals surface area contributed by atoms with Gasteiger partial charge in [-0.3, -0.25) is 9.78 Å². The highest BCUT2D eigenvalue weighted by atomic mass is 16.1. The van der Waals surface area contributed by atoms with Crippen molar-refractivity contribution in [3.63, 3.8) is 0 Å². The molecule has 0 fully saturated rings. The van der Waals surface area contributed by atoms with Gasteiger partial charge in [-0.25, -0.2) is 9.97 Å². The summed E-state index contributed by atoms with van der Waals surface area (Å²) in [4.78, 5) is 27.5. The lowest BCUT2D eigenvalue weighted by molar-refractivity contribution is 0.0949. The Bertz CT molecular complexity index is 910. The van der Waals surface area contributed by atoms with Crippen LogP contribution in [0.2, 0.25) is 0 Å². The standard InChI is InChI=1S/C22H26N6O/c1-3-28(4-2)15-14-24-21(29)17-7-9-19(10-8-17)26-22-25-13-11-20(27-22)18-6-5-12-23-16-18/h5-13,16H,3-4,14-15H2,1-2H3,(H,24,29)(H,25,26,27). The van der Waals surface area contributed by atoms with Gasteiger partial charge in [-0.15, -0.1) is 0 Å². The average Bonchev–Trinajstić information content (AvgIpc) is 2.78. The van der Waals surface area contributed by atoms with E-state index in [9.17, 15) is 4.79 Å². The highest BCUT2D eigenvalue weighted by Crippen LogP contribution is 2.18. The van der Waals surface area contributed by atoms with E-state index in [1.807, 2.05) is 30.3 Å². The first-order valence-electron chi connectivity index (χ1n) is 9.80. The molecule has 7 nitrogen and oxygen atoms in total. The molecule has 0 unspecified atom stereocenters. The van der Waals surface area contributed by atoms with Crippen LogP contribution < -0.4 is 10.6 Å². The van der Waals surface area contributed by atoms with E-state index in [0.29, 0.717) is 18.1 Å². The quantitative estimate of drug-likeness (QED) is 0.583. The monoisotopic (exact) mass is 390 g/mol. The van der Waals surface area contributed by atoms with E-state index < -0.39 is 0 Å². The third-order valence-electron chi connectivity index (χ3n) is 4.62. The number of pyridine rings is 1. The first-order chi connectivity index (χ1) is 14.2. The van der Waals surface area contributed by atoms with Crippen molar-refractivity contribution in [2.24, 2.45) is 0 Å².